The van der Waals surface area contributed by atoms with Crippen molar-refractivity contribution in [1.29, 1.82) is 0 Å². The van der Waals surface area contributed by atoms with Crippen molar-refractivity contribution in [2.24, 2.45) is 0 Å². The van der Waals surface area contributed by atoms with E-state index < -0.39 is 0 Å². The summed E-state index contributed by atoms with van der Waals surface area (Å²) >= 11 is 0. The molecule has 100 valence electrons. The van der Waals surface area contributed by atoms with Gasteiger partial charge in [0.25, 0.3) is 0 Å². The fraction of sp³-hybridized carbons (Fsp3) is 0.467. The van der Waals surface area contributed by atoms with Crippen LogP contribution in [-0.2, 0) is 12.8 Å². The molecule has 1 aliphatic rings. The molecule has 0 amide bonds. The Morgan fingerprint density at radius 2 is 2.11 bits per heavy atom. The lowest BCUT2D eigenvalue weighted by molar-refractivity contribution is 0.361. The highest BCUT2D eigenvalue weighted by atomic mass is 16.5. The number of aromatic nitrogens is 2. The van der Waals surface area contributed by atoms with Gasteiger partial charge in [0.1, 0.15) is 0 Å². The number of benzene rings is 1. The zero-order valence-electron chi connectivity index (χ0n) is 11.0. The lowest BCUT2D eigenvalue weighted by Gasteiger charge is -2.19. The van der Waals surface area contributed by atoms with E-state index in [1.54, 1.807) is 0 Å². The van der Waals surface area contributed by atoms with E-state index in [9.17, 15) is 0 Å². The van der Waals surface area contributed by atoms with E-state index in [2.05, 4.69) is 39.7 Å². The van der Waals surface area contributed by atoms with Crippen LogP contribution in [0.25, 0.3) is 0 Å². The molecule has 2 aromatic rings. The van der Waals surface area contributed by atoms with E-state index in [4.69, 9.17) is 4.52 Å². The van der Waals surface area contributed by atoms with Crippen molar-refractivity contribution in [2.75, 3.05) is 13.1 Å². The third-order valence-corrected chi connectivity index (χ3v) is 3.62. The highest BCUT2D eigenvalue weighted by Gasteiger charge is 2.20. The van der Waals surface area contributed by atoms with E-state index in [1.165, 1.54) is 12.0 Å². The smallest absolute Gasteiger partial charge is 0.226 e. The summed E-state index contributed by atoms with van der Waals surface area (Å²) in [6.45, 7) is 2.08. The number of nitrogens with one attached hydrogen (secondary N) is 1. The minimum atomic E-state index is 0.419. The normalized spacial score (nSPS) is 19.5. The Bertz CT molecular complexity index is 503. The molecule has 1 fully saturated rings. The summed E-state index contributed by atoms with van der Waals surface area (Å²) in [5.41, 5.74) is 1.31. The van der Waals surface area contributed by atoms with Crippen LogP contribution in [0.1, 0.15) is 36.0 Å². The summed E-state index contributed by atoms with van der Waals surface area (Å²) in [7, 11) is 0. The monoisotopic (exact) mass is 257 g/mol. The number of rotatable bonds is 4. The molecule has 0 spiro atoms. The standard InChI is InChI=1S/C15H19N3O/c1-2-5-12(6-3-1)8-9-14-17-15(18-19-14)13-7-4-10-16-11-13/h1-3,5-6,13,16H,4,7-11H2/t13-/m0/s1. The quantitative estimate of drug-likeness (QED) is 0.913. The van der Waals surface area contributed by atoms with Crippen molar-refractivity contribution in [3.05, 3.63) is 47.6 Å². The fourth-order valence-corrected chi connectivity index (χ4v) is 2.50. The predicted octanol–water partition coefficient (Wildman–Crippen LogP) is 2.32. The molecule has 1 aromatic heterocycles. The molecule has 3 rings (SSSR count). The van der Waals surface area contributed by atoms with Crippen LogP contribution in [0, 0.1) is 0 Å². The minimum Gasteiger partial charge on any atom is -0.339 e. The molecule has 0 bridgehead atoms. The summed E-state index contributed by atoms with van der Waals surface area (Å²) in [5, 5.41) is 7.50. The van der Waals surface area contributed by atoms with Gasteiger partial charge in [-0.1, -0.05) is 35.5 Å². The largest absolute Gasteiger partial charge is 0.339 e. The first-order valence-electron chi connectivity index (χ1n) is 6.99. The molecule has 0 aliphatic carbocycles. The number of hydrogen-bond donors (Lipinski definition) is 1. The first kappa shape index (κ1) is 12.4. The topological polar surface area (TPSA) is 51.0 Å². The summed E-state index contributed by atoms with van der Waals surface area (Å²) in [6.07, 6.45) is 4.12. The van der Waals surface area contributed by atoms with Crippen molar-refractivity contribution < 1.29 is 4.52 Å². The minimum absolute atomic E-state index is 0.419. The Kier molecular flexibility index (Phi) is 3.89. The van der Waals surface area contributed by atoms with Gasteiger partial charge in [-0.25, -0.2) is 0 Å². The predicted molar refractivity (Wildman–Crippen MR) is 73.0 cm³/mol. The molecule has 4 heteroatoms. The second-order valence-electron chi connectivity index (χ2n) is 5.08. The second kappa shape index (κ2) is 5.97. The van der Waals surface area contributed by atoms with Crippen LogP contribution in [-0.4, -0.2) is 23.2 Å². The molecule has 2 heterocycles. The van der Waals surface area contributed by atoms with Crippen molar-refractivity contribution in [3.8, 4) is 0 Å². The van der Waals surface area contributed by atoms with E-state index in [0.717, 1.165) is 44.1 Å². The molecule has 0 saturated carbocycles. The van der Waals surface area contributed by atoms with E-state index in [1.807, 2.05) is 6.07 Å². The fourth-order valence-electron chi connectivity index (χ4n) is 2.50. The average Bonchev–Trinajstić information content (AvgIpc) is 2.96. The van der Waals surface area contributed by atoms with Crippen molar-refractivity contribution in [2.45, 2.75) is 31.6 Å². The van der Waals surface area contributed by atoms with Gasteiger partial charge in [-0.05, 0) is 31.4 Å². The Morgan fingerprint density at radius 3 is 2.89 bits per heavy atom. The maximum Gasteiger partial charge on any atom is 0.226 e. The van der Waals surface area contributed by atoms with Gasteiger partial charge in [-0.3, -0.25) is 0 Å². The third-order valence-electron chi connectivity index (χ3n) is 3.62. The molecule has 1 N–H and O–H groups in total. The zero-order chi connectivity index (χ0) is 12.9. The van der Waals surface area contributed by atoms with Crippen LogP contribution in [0.15, 0.2) is 34.9 Å². The van der Waals surface area contributed by atoms with Gasteiger partial charge in [0.2, 0.25) is 5.89 Å². The Hall–Kier alpha value is -1.68. The van der Waals surface area contributed by atoms with Gasteiger partial charge in [-0.15, -0.1) is 0 Å². The summed E-state index contributed by atoms with van der Waals surface area (Å²) in [5.74, 6) is 2.04. The van der Waals surface area contributed by atoms with Crippen LogP contribution >= 0.6 is 0 Å². The second-order valence-corrected chi connectivity index (χ2v) is 5.08. The van der Waals surface area contributed by atoms with Gasteiger partial charge in [-0.2, -0.15) is 4.98 Å². The van der Waals surface area contributed by atoms with Crippen LogP contribution in [0.3, 0.4) is 0 Å². The van der Waals surface area contributed by atoms with Crippen LogP contribution < -0.4 is 5.32 Å². The van der Waals surface area contributed by atoms with Gasteiger partial charge < -0.3 is 9.84 Å². The van der Waals surface area contributed by atoms with Crippen LogP contribution in [0.5, 0.6) is 0 Å². The molecule has 1 saturated heterocycles. The van der Waals surface area contributed by atoms with Gasteiger partial charge >= 0.3 is 0 Å². The van der Waals surface area contributed by atoms with Crippen LogP contribution in [0.2, 0.25) is 0 Å². The average molecular weight is 257 g/mol. The molecular weight excluding hydrogens is 238 g/mol. The first-order valence-corrected chi connectivity index (χ1v) is 6.99. The molecule has 0 unspecified atom stereocenters. The third kappa shape index (κ3) is 3.20. The molecule has 1 aromatic carbocycles. The molecule has 0 radical (unpaired) electrons. The summed E-state index contributed by atoms with van der Waals surface area (Å²) in [4.78, 5) is 4.53. The Morgan fingerprint density at radius 1 is 1.21 bits per heavy atom. The number of nitrogens with zero attached hydrogens (tertiary/aromatic N) is 2. The van der Waals surface area contributed by atoms with E-state index >= 15 is 0 Å². The first-order chi connectivity index (χ1) is 9.42. The van der Waals surface area contributed by atoms with Gasteiger partial charge in [0.05, 0.1) is 0 Å². The molecule has 4 nitrogen and oxygen atoms in total. The van der Waals surface area contributed by atoms with E-state index in [0.29, 0.717) is 5.92 Å². The Labute approximate surface area is 113 Å². The van der Waals surface area contributed by atoms with E-state index in [-0.39, 0.29) is 0 Å². The summed E-state index contributed by atoms with van der Waals surface area (Å²) in [6, 6.07) is 10.4. The van der Waals surface area contributed by atoms with Crippen molar-refractivity contribution >= 4 is 0 Å². The number of piperidine rings is 1. The van der Waals surface area contributed by atoms with Crippen molar-refractivity contribution in [3.63, 3.8) is 0 Å². The lowest BCUT2D eigenvalue weighted by atomic mass is 9.99. The maximum absolute atomic E-state index is 5.35. The van der Waals surface area contributed by atoms with Crippen LogP contribution in [0.4, 0.5) is 0 Å². The summed E-state index contributed by atoms with van der Waals surface area (Å²) < 4.78 is 5.35. The van der Waals surface area contributed by atoms with Gasteiger partial charge in [0.15, 0.2) is 5.82 Å². The highest BCUT2D eigenvalue weighted by molar-refractivity contribution is 5.15. The number of aryl methyl sites for hydroxylation is 2. The molecular formula is C15H19N3O. The van der Waals surface area contributed by atoms with Crippen molar-refractivity contribution in [1.82, 2.24) is 15.5 Å². The SMILES string of the molecule is c1ccc(CCc2nc([C@H]3CCCNC3)no2)cc1. The molecule has 1 atom stereocenters. The molecule has 19 heavy (non-hydrogen) atoms. The lowest BCUT2D eigenvalue weighted by Crippen LogP contribution is -2.28. The number of hydrogen-bond acceptors (Lipinski definition) is 4. The zero-order valence-corrected chi connectivity index (χ0v) is 11.0. The highest BCUT2D eigenvalue weighted by Crippen LogP contribution is 2.20. The Balaban J connectivity index is 1.58. The maximum atomic E-state index is 5.35. The molecule has 1 aliphatic heterocycles. The van der Waals surface area contributed by atoms with Gasteiger partial charge in [0, 0.05) is 18.9 Å².